The van der Waals surface area contributed by atoms with E-state index in [1.807, 2.05) is 43.0 Å². The summed E-state index contributed by atoms with van der Waals surface area (Å²) in [6.45, 7) is 4.74. The van der Waals surface area contributed by atoms with E-state index in [4.69, 9.17) is 5.73 Å². The number of carbonyl (C=O) groups excluding carboxylic acids is 1. The van der Waals surface area contributed by atoms with Gasteiger partial charge < -0.3 is 10.6 Å². The van der Waals surface area contributed by atoms with Gasteiger partial charge in [-0.1, -0.05) is 12.1 Å². The molecule has 1 amide bonds. The monoisotopic (exact) mass is 246 g/mol. The molecule has 0 aliphatic heterocycles. The maximum Gasteiger partial charge on any atom is 0.228 e. The lowest BCUT2D eigenvalue weighted by Gasteiger charge is -2.23. The first kappa shape index (κ1) is 13.1. The quantitative estimate of drug-likeness (QED) is 0.867. The Labute approximate surface area is 109 Å². The average Bonchev–Trinajstić information content (AvgIpc) is 3.13. The molecule has 98 valence electrons. The molecule has 0 heterocycles. The smallest absolute Gasteiger partial charge is 0.228 e. The molecule has 0 spiro atoms. The molecule has 1 aliphatic carbocycles. The molecule has 0 aromatic heterocycles. The molecule has 1 saturated carbocycles. The fraction of sp³-hybridized carbons (Fsp3) is 0.533. The van der Waals surface area contributed by atoms with Crippen LogP contribution in [0.3, 0.4) is 0 Å². The van der Waals surface area contributed by atoms with E-state index in [0.29, 0.717) is 18.9 Å². The van der Waals surface area contributed by atoms with Crippen molar-refractivity contribution in [1.29, 1.82) is 0 Å². The number of hydrogen-bond donors (Lipinski definition) is 1. The van der Waals surface area contributed by atoms with E-state index in [-0.39, 0.29) is 11.9 Å². The number of rotatable bonds is 5. The van der Waals surface area contributed by atoms with Gasteiger partial charge in [0.1, 0.15) is 0 Å². The van der Waals surface area contributed by atoms with Crippen molar-refractivity contribution in [2.24, 2.45) is 11.7 Å². The molecule has 0 bridgehead atoms. The van der Waals surface area contributed by atoms with Crippen molar-refractivity contribution >= 4 is 11.6 Å². The molecule has 1 aromatic rings. The average molecular weight is 246 g/mol. The molecular formula is C15H22N2O. The SMILES string of the molecule is CCN(C(=O)CC(N)C1CC1)c1cccc(C)c1. The van der Waals surface area contributed by atoms with Gasteiger partial charge in [-0.25, -0.2) is 0 Å². The molecule has 3 nitrogen and oxygen atoms in total. The second kappa shape index (κ2) is 5.53. The first-order valence-electron chi connectivity index (χ1n) is 6.74. The van der Waals surface area contributed by atoms with Crippen LogP contribution in [-0.4, -0.2) is 18.5 Å². The molecule has 1 atom stereocenters. The topological polar surface area (TPSA) is 46.3 Å². The molecule has 1 aromatic carbocycles. The van der Waals surface area contributed by atoms with Crippen LogP contribution in [0.4, 0.5) is 5.69 Å². The van der Waals surface area contributed by atoms with Gasteiger partial charge >= 0.3 is 0 Å². The van der Waals surface area contributed by atoms with Crippen molar-refractivity contribution in [2.45, 2.75) is 39.2 Å². The minimum Gasteiger partial charge on any atom is -0.327 e. The molecule has 2 N–H and O–H groups in total. The third-order valence-corrected chi connectivity index (χ3v) is 3.57. The second-order valence-corrected chi connectivity index (χ2v) is 5.18. The van der Waals surface area contributed by atoms with E-state index in [0.717, 1.165) is 5.69 Å². The van der Waals surface area contributed by atoms with Crippen LogP contribution in [0.2, 0.25) is 0 Å². The minimum absolute atomic E-state index is 0.0383. The van der Waals surface area contributed by atoms with Crippen LogP contribution < -0.4 is 10.6 Å². The van der Waals surface area contributed by atoms with Gasteiger partial charge in [0.25, 0.3) is 0 Å². The predicted molar refractivity (Wildman–Crippen MR) is 74.5 cm³/mol. The molecule has 3 heteroatoms. The van der Waals surface area contributed by atoms with Crippen LogP contribution in [-0.2, 0) is 4.79 Å². The molecule has 1 unspecified atom stereocenters. The van der Waals surface area contributed by atoms with Gasteiger partial charge in [0.05, 0.1) is 0 Å². The fourth-order valence-electron chi connectivity index (χ4n) is 2.30. The zero-order chi connectivity index (χ0) is 13.1. The lowest BCUT2D eigenvalue weighted by molar-refractivity contribution is -0.119. The van der Waals surface area contributed by atoms with Crippen molar-refractivity contribution in [1.82, 2.24) is 0 Å². The summed E-state index contributed by atoms with van der Waals surface area (Å²) in [5, 5.41) is 0. The second-order valence-electron chi connectivity index (χ2n) is 5.18. The van der Waals surface area contributed by atoms with Gasteiger partial charge in [0, 0.05) is 24.7 Å². The summed E-state index contributed by atoms with van der Waals surface area (Å²) in [7, 11) is 0. The standard InChI is InChI=1S/C15H22N2O/c1-3-17(13-6-4-5-11(2)9-13)15(18)10-14(16)12-7-8-12/h4-6,9,12,14H,3,7-8,10,16H2,1-2H3. The summed E-state index contributed by atoms with van der Waals surface area (Å²) in [4.78, 5) is 14.1. The number of anilines is 1. The third kappa shape index (κ3) is 3.10. The molecule has 2 rings (SSSR count). The van der Waals surface area contributed by atoms with Crippen LogP contribution in [0.25, 0.3) is 0 Å². The Morgan fingerprint density at radius 2 is 2.22 bits per heavy atom. The Balaban J connectivity index is 2.05. The Morgan fingerprint density at radius 1 is 1.50 bits per heavy atom. The van der Waals surface area contributed by atoms with Crippen molar-refractivity contribution in [2.75, 3.05) is 11.4 Å². The fourth-order valence-corrected chi connectivity index (χ4v) is 2.30. The first-order chi connectivity index (χ1) is 8.61. The van der Waals surface area contributed by atoms with Crippen LogP contribution >= 0.6 is 0 Å². The summed E-state index contributed by atoms with van der Waals surface area (Å²) in [6.07, 6.45) is 2.84. The Morgan fingerprint density at radius 3 is 2.78 bits per heavy atom. The Hall–Kier alpha value is -1.35. The molecule has 0 radical (unpaired) electrons. The van der Waals surface area contributed by atoms with Crippen molar-refractivity contribution in [3.05, 3.63) is 29.8 Å². The van der Waals surface area contributed by atoms with Gasteiger partial charge in [-0.15, -0.1) is 0 Å². The number of carbonyl (C=O) groups is 1. The zero-order valence-corrected chi connectivity index (χ0v) is 11.2. The number of benzene rings is 1. The summed E-state index contributed by atoms with van der Waals surface area (Å²) in [5.74, 6) is 0.715. The number of amides is 1. The minimum atomic E-state index is 0.0383. The van der Waals surface area contributed by atoms with Crippen molar-refractivity contribution < 1.29 is 4.79 Å². The molecule has 18 heavy (non-hydrogen) atoms. The van der Waals surface area contributed by atoms with E-state index in [9.17, 15) is 4.79 Å². The maximum atomic E-state index is 12.3. The summed E-state index contributed by atoms with van der Waals surface area (Å²) in [6, 6.07) is 8.09. The van der Waals surface area contributed by atoms with Crippen molar-refractivity contribution in [3.8, 4) is 0 Å². The number of nitrogens with two attached hydrogens (primary N) is 1. The van der Waals surface area contributed by atoms with E-state index < -0.39 is 0 Å². The summed E-state index contributed by atoms with van der Waals surface area (Å²) >= 11 is 0. The lowest BCUT2D eigenvalue weighted by Crippen LogP contribution is -2.36. The highest BCUT2D eigenvalue weighted by Gasteiger charge is 2.31. The van der Waals surface area contributed by atoms with Gasteiger partial charge in [0.2, 0.25) is 5.91 Å². The van der Waals surface area contributed by atoms with Crippen molar-refractivity contribution in [3.63, 3.8) is 0 Å². The normalized spacial score (nSPS) is 16.4. The number of nitrogens with zero attached hydrogens (tertiary/aromatic N) is 1. The molecule has 1 fully saturated rings. The summed E-state index contributed by atoms with van der Waals surface area (Å²) in [5.41, 5.74) is 8.18. The van der Waals surface area contributed by atoms with Crippen LogP contribution in [0.15, 0.2) is 24.3 Å². The van der Waals surface area contributed by atoms with Gasteiger partial charge in [-0.3, -0.25) is 4.79 Å². The van der Waals surface area contributed by atoms with Gasteiger partial charge in [-0.2, -0.15) is 0 Å². The van der Waals surface area contributed by atoms with Crippen LogP contribution in [0.1, 0.15) is 31.7 Å². The molecule has 0 saturated heterocycles. The maximum absolute atomic E-state index is 12.3. The third-order valence-electron chi connectivity index (χ3n) is 3.57. The highest BCUT2D eigenvalue weighted by Crippen LogP contribution is 2.33. The van der Waals surface area contributed by atoms with E-state index in [2.05, 4.69) is 0 Å². The number of aryl methyl sites for hydroxylation is 1. The first-order valence-corrected chi connectivity index (χ1v) is 6.74. The van der Waals surface area contributed by atoms with Crippen LogP contribution in [0.5, 0.6) is 0 Å². The Bertz CT molecular complexity index is 426. The highest BCUT2D eigenvalue weighted by atomic mass is 16.2. The summed E-state index contributed by atoms with van der Waals surface area (Å²) < 4.78 is 0. The number of hydrogen-bond acceptors (Lipinski definition) is 2. The molecular weight excluding hydrogens is 224 g/mol. The van der Waals surface area contributed by atoms with E-state index in [1.165, 1.54) is 18.4 Å². The van der Waals surface area contributed by atoms with E-state index >= 15 is 0 Å². The van der Waals surface area contributed by atoms with Crippen LogP contribution in [0, 0.1) is 12.8 Å². The van der Waals surface area contributed by atoms with E-state index in [1.54, 1.807) is 0 Å². The predicted octanol–water partition coefficient (Wildman–Crippen LogP) is 2.48. The Kier molecular flexibility index (Phi) is 4.02. The van der Waals surface area contributed by atoms with Gasteiger partial charge in [-0.05, 0) is 50.3 Å². The lowest BCUT2D eigenvalue weighted by atomic mass is 10.1. The largest absolute Gasteiger partial charge is 0.327 e. The zero-order valence-electron chi connectivity index (χ0n) is 11.2. The van der Waals surface area contributed by atoms with Gasteiger partial charge in [0.15, 0.2) is 0 Å². The highest BCUT2D eigenvalue weighted by molar-refractivity contribution is 5.93. The molecule has 1 aliphatic rings.